The molecule has 0 saturated carbocycles. The molecule has 4 rings (SSSR count). The van der Waals surface area contributed by atoms with E-state index >= 15 is 0 Å². The second-order valence-electron chi connectivity index (χ2n) is 6.73. The Hall–Kier alpha value is -2.35. The van der Waals surface area contributed by atoms with E-state index in [-0.39, 0.29) is 11.7 Å². The molecule has 1 aliphatic rings. The molecule has 1 amide bonds. The molecule has 0 bridgehead atoms. The highest BCUT2D eigenvalue weighted by Crippen LogP contribution is 2.44. The van der Waals surface area contributed by atoms with Crippen LogP contribution < -0.4 is 9.64 Å². The minimum atomic E-state index is -4.46. The average Bonchev–Trinajstić information content (AvgIpc) is 3.12. The number of benzene rings is 3. The maximum atomic E-state index is 13.1. The van der Waals surface area contributed by atoms with Crippen molar-refractivity contribution in [1.82, 2.24) is 0 Å². The third-order valence-corrected chi connectivity index (χ3v) is 6.54. The second kappa shape index (κ2) is 8.65. The van der Waals surface area contributed by atoms with Gasteiger partial charge in [0.05, 0.1) is 21.4 Å². The molecule has 160 valence electrons. The Balaban J connectivity index is 1.64. The first kappa shape index (κ1) is 21.9. The Labute approximate surface area is 190 Å². The van der Waals surface area contributed by atoms with E-state index in [1.54, 1.807) is 48.5 Å². The van der Waals surface area contributed by atoms with Crippen LogP contribution in [0.25, 0.3) is 0 Å². The smallest absolute Gasteiger partial charge is 0.416 e. The van der Waals surface area contributed by atoms with Gasteiger partial charge in [0, 0.05) is 17.8 Å². The molecule has 1 heterocycles. The minimum Gasteiger partial charge on any atom is -0.457 e. The van der Waals surface area contributed by atoms with Gasteiger partial charge in [0.25, 0.3) is 0 Å². The average molecular weight is 484 g/mol. The van der Waals surface area contributed by atoms with E-state index in [0.29, 0.717) is 32.8 Å². The normalized spacial score (nSPS) is 16.6. The summed E-state index contributed by atoms with van der Waals surface area (Å²) in [6.07, 6.45) is -4.46. The van der Waals surface area contributed by atoms with E-state index in [4.69, 9.17) is 27.9 Å². The van der Waals surface area contributed by atoms with Gasteiger partial charge in [-0.3, -0.25) is 9.69 Å². The van der Waals surface area contributed by atoms with Crippen LogP contribution in [-0.4, -0.2) is 11.7 Å². The fourth-order valence-electron chi connectivity index (χ4n) is 3.19. The van der Waals surface area contributed by atoms with Crippen molar-refractivity contribution in [2.24, 2.45) is 0 Å². The minimum absolute atomic E-state index is 0.165. The lowest BCUT2D eigenvalue weighted by Crippen LogP contribution is -2.27. The number of hydrogen-bond acceptors (Lipinski definition) is 3. The molecule has 0 N–H and O–H groups in total. The number of nitrogens with zero attached hydrogens (tertiary/aromatic N) is 1. The van der Waals surface area contributed by atoms with Crippen molar-refractivity contribution in [3.63, 3.8) is 0 Å². The molecule has 1 fully saturated rings. The van der Waals surface area contributed by atoms with E-state index in [2.05, 4.69) is 0 Å². The molecule has 0 spiro atoms. The highest BCUT2D eigenvalue weighted by atomic mass is 35.5. The first-order chi connectivity index (χ1) is 14.7. The van der Waals surface area contributed by atoms with Gasteiger partial charge in [-0.25, -0.2) is 0 Å². The number of hydrogen-bond donors (Lipinski definition) is 0. The summed E-state index contributed by atoms with van der Waals surface area (Å²) in [4.78, 5) is 14.1. The topological polar surface area (TPSA) is 29.5 Å². The number of thioether (sulfide) groups is 1. The van der Waals surface area contributed by atoms with Crippen LogP contribution in [0.15, 0.2) is 66.7 Å². The zero-order chi connectivity index (χ0) is 22.2. The summed E-state index contributed by atoms with van der Waals surface area (Å²) in [7, 11) is 0. The molecule has 31 heavy (non-hydrogen) atoms. The van der Waals surface area contributed by atoms with Gasteiger partial charge < -0.3 is 4.74 Å². The van der Waals surface area contributed by atoms with Crippen molar-refractivity contribution in [3.05, 3.63) is 87.9 Å². The fraction of sp³-hybridized carbons (Fsp3) is 0.136. The molecule has 0 aromatic heterocycles. The summed E-state index contributed by atoms with van der Waals surface area (Å²) in [5.74, 6) is 0.879. The van der Waals surface area contributed by atoms with Gasteiger partial charge in [-0.2, -0.15) is 13.2 Å². The molecule has 3 aromatic rings. The number of rotatable bonds is 4. The lowest BCUT2D eigenvalue weighted by atomic mass is 10.1. The van der Waals surface area contributed by atoms with E-state index in [9.17, 15) is 18.0 Å². The monoisotopic (exact) mass is 483 g/mol. The van der Waals surface area contributed by atoms with Crippen LogP contribution in [0, 0.1) is 0 Å². The number of carbonyl (C=O) groups is 1. The third kappa shape index (κ3) is 4.79. The van der Waals surface area contributed by atoms with Gasteiger partial charge in [0.15, 0.2) is 0 Å². The van der Waals surface area contributed by atoms with Gasteiger partial charge in [0.1, 0.15) is 16.9 Å². The first-order valence-electron chi connectivity index (χ1n) is 9.06. The molecule has 9 heteroatoms. The van der Waals surface area contributed by atoms with Gasteiger partial charge in [0.2, 0.25) is 5.91 Å². The van der Waals surface area contributed by atoms with Crippen LogP contribution in [0.5, 0.6) is 11.5 Å². The first-order valence-corrected chi connectivity index (χ1v) is 10.9. The van der Waals surface area contributed by atoms with E-state index in [0.717, 1.165) is 12.1 Å². The lowest BCUT2D eigenvalue weighted by molar-refractivity contribution is -0.137. The van der Waals surface area contributed by atoms with Crippen molar-refractivity contribution in [2.45, 2.75) is 11.6 Å². The highest BCUT2D eigenvalue weighted by molar-refractivity contribution is 8.00. The van der Waals surface area contributed by atoms with Crippen molar-refractivity contribution >= 4 is 46.6 Å². The largest absolute Gasteiger partial charge is 0.457 e. The summed E-state index contributed by atoms with van der Waals surface area (Å²) >= 11 is 13.2. The van der Waals surface area contributed by atoms with Crippen LogP contribution >= 0.6 is 35.0 Å². The molecule has 0 radical (unpaired) electrons. The summed E-state index contributed by atoms with van der Waals surface area (Å²) < 4.78 is 45.2. The number of anilines is 1. The van der Waals surface area contributed by atoms with Crippen LogP contribution in [0.2, 0.25) is 10.0 Å². The quantitative estimate of drug-likeness (QED) is 0.382. The lowest BCUT2D eigenvalue weighted by Gasteiger charge is -2.25. The SMILES string of the molecule is O=C1CSC(c2cccc(C(F)(F)F)c2)N1c1cccc(Oc2ccc(Cl)c(Cl)c2)c1. The Morgan fingerprint density at radius 1 is 0.935 bits per heavy atom. The van der Waals surface area contributed by atoms with Gasteiger partial charge in [-0.15, -0.1) is 11.8 Å². The summed E-state index contributed by atoms with van der Waals surface area (Å²) in [6, 6.07) is 16.7. The summed E-state index contributed by atoms with van der Waals surface area (Å²) in [5.41, 5.74) is 0.179. The van der Waals surface area contributed by atoms with E-state index in [1.165, 1.54) is 22.7 Å². The molecule has 1 saturated heterocycles. The van der Waals surface area contributed by atoms with Crippen molar-refractivity contribution in [2.75, 3.05) is 10.7 Å². The van der Waals surface area contributed by atoms with E-state index in [1.807, 2.05) is 0 Å². The molecular formula is C22H14Cl2F3NO2S. The maximum Gasteiger partial charge on any atom is 0.416 e. The highest BCUT2D eigenvalue weighted by Gasteiger charge is 2.36. The molecular weight excluding hydrogens is 470 g/mol. The predicted octanol–water partition coefficient (Wildman–Crippen LogP) is 7.58. The third-order valence-electron chi connectivity index (χ3n) is 4.59. The van der Waals surface area contributed by atoms with Crippen LogP contribution in [0.4, 0.5) is 18.9 Å². The van der Waals surface area contributed by atoms with Crippen LogP contribution in [-0.2, 0) is 11.0 Å². The fourth-order valence-corrected chi connectivity index (χ4v) is 4.65. The Morgan fingerprint density at radius 2 is 1.68 bits per heavy atom. The predicted molar refractivity (Wildman–Crippen MR) is 117 cm³/mol. The molecule has 1 aliphatic heterocycles. The number of alkyl halides is 3. The van der Waals surface area contributed by atoms with Gasteiger partial charge in [-0.05, 0) is 42.0 Å². The summed E-state index contributed by atoms with van der Waals surface area (Å²) in [5, 5.41) is 0.160. The Bertz CT molecular complexity index is 1140. The Morgan fingerprint density at radius 3 is 2.42 bits per heavy atom. The molecule has 1 unspecified atom stereocenters. The van der Waals surface area contributed by atoms with Gasteiger partial charge in [-0.1, -0.05) is 41.4 Å². The van der Waals surface area contributed by atoms with E-state index < -0.39 is 17.1 Å². The van der Waals surface area contributed by atoms with Crippen molar-refractivity contribution in [3.8, 4) is 11.5 Å². The maximum absolute atomic E-state index is 13.1. The molecule has 3 nitrogen and oxygen atoms in total. The van der Waals surface area contributed by atoms with Crippen LogP contribution in [0.3, 0.4) is 0 Å². The zero-order valence-electron chi connectivity index (χ0n) is 15.7. The summed E-state index contributed by atoms with van der Waals surface area (Å²) in [6.45, 7) is 0. The Kier molecular flexibility index (Phi) is 6.10. The van der Waals surface area contributed by atoms with Crippen LogP contribution in [0.1, 0.15) is 16.5 Å². The standard InChI is InChI=1S/C22H14Cl2F3NO2S/c23-18-8-7-17(11-19(18)24)30-16-6-2-5-15(10-16)28-20(29)12-31-21(28)13-3-1-4-14(9-13)22(25,26)27/h1-11,21H,12H2. The van der Waals surface area contributed by atoms with Gasteiger partial charge >= 0.3 is 6.18 Å². The van der Waals surface area contributed by atoms with Crippen molar-refractivity contribution in [1.29, 1.82) is 0 Å². The second-order valence-corrected chi connectivity index (χ2v) is 8.61. The molecule has 3 aromatic carbocycles. The number of carbonyl (C=O) groups excluding carboxylic acids is 1. The number of halogens is 5. The van der Waals surface area contributed by atoms with Crippen molar-refractivity contribution < 1.29 is 22.7 Å². The zero-order valence-corrected chi connectivity index (χ0v) is 18.0. The number of ether oxygens (including phenoxy) is 1. The number of amides is 1. The molecule has 1 atom stereocenters. The molecule has 0 aliphatic carbocycles.